The molecule has 2 saturated carbocycles. The Balaban J connectivity index is 1.87. The van der Waals surface area contributed by atoms with Crippen molar-refractivity contribution in [3.05, 3.63) is 0 Å². The van der Waals surface area contributed by atoms with Crippen LogP contribution in [0.15, 0.2) is 0 Å². The Morgan fingerprint density at radius 3 is 2.13 bits per heavy atom. The van der Waals surface area contributed by atoms with Crippen LogP contribution in [-0.2, 0) is 0 Å². The minimum absolute atomic E-state index is 0.0836. The largest absolute Gasteiger partial charge is 0.394 e. The molecular weight excluding hydrogens is 186 g/mol. The smallest absolute Gasteiger partial charge is 0.0613 e. The summed E-state index contributed by atoms with van der Waals surface area (Å²) < 4.78 is 0. The first kappa shape index (κ1) is 11.4. The molecule has 2 heteroatoms. The third-order valence-corrected chi connectivity index (χ3v) is 4.23. The van der Waals surface area contributed by atoms with Crippen LogP contribution in [0.3, 0.4) is 0 Å². The van der Waals surface area contributed by atoms with Gasteiger partial charge in [0.15, 0.2) is 0 Å². The maximum absolute atomic E-state index is 9.61. The monoisotopic (exact) mass is 211 g/mol. The zero-order chi connectivity index (χ0) is 10.6. The Bertz CT molecular complexity index is 181. The van der Waals surface area contributed by atoms with Crippen LogP contribution in [0.4, 0.5) is 0 Å². The van der Waals surface area contributed by atoms with E-state index in [2.05, 4.69) is 5.32 Å². The van der Waals surface area contributed by atoms with Gasteiger partial charge in [0, 0.05) is 11.6 Å². The summed E-state index contributed by atoms with van der Waals surface area (Å²) in [5, 5.41) is 13.4. The van der Waals surface area contributed by atoms with Crippen LogP contribution in [0.1, 0.15) is 64.2 Å². The van der Waals surface area contributed by atoms with Crippen molar-refractivity contribution >= 4 is 0 Å². The Labute approximate surface area is 93.5 Å². The molecule has 0 aromatic rings. The molecule has 0 aliphatic heterocycles. The molecule has 0 radical (unpaired) electrons. The number of aliphatic hydroxyl groups is 1. The lowest BCUT2D eigenvalue weighted by atomic mass is 9.80. The fourth-order valence-electron chi connectivity index (χ4n) is 3.26. The van der Waals surface area contributed by atoms with Crippen LogP contribution in [0.2, 0.25) is 0 Å². The molecule has 2 fully saturated rings. The van der Waals surface area contributed by atoms with Gasteiger partial charge in [-0.15, -0.1) is 0 Å². The maximum atomic E-state index is 9.61. The molecule has 0 aromatic carbocycles. The van der Waals surface area contributed by atoms with Crippen molar-refractivity contribution in [3.63, 3.8) is 0 Å². The Kier molecular flexibility index (Phi) is 4.04. The van der Waals surface area contributed by atoms with E-state index in [0.29, 0.717) is 12.6 Å². The summed E-state index contributed by atoms with van der Waals surface area (Å²) in [7, 11) is 0. The molecule has 2 aliphatic rings. The highest BCUT2D eigenvalue weighted by Gasteiger charge is 2.33. The van der Waals surface area contributed by atoms with Gasteiger partial charge in [0.05, 0.1) is 6.61 Å². The van der Waals surface area contributed by atoms with Crippen molar-refractivity contribution in [2.75, 3.05) is 6.61 Å². The van der Waals surface area contributed by atoms with Crippen molar-refractivity contribution in [2.45, 2.75) is 75.8 Å². The van der Waals surface area contributed by atoms with Gasteiger partial charge in [-0.3, -0.25) is 0 Å². The summed E-state index contributed by atoms with van der Waals surface area (Å²) in [6, 6.07) is 0.684. The molecular formula is C13H25NO. The van der Waals surface area contributed by atoms with Crippen LogP contribution in [-0.4, -0.2) is 23.3 Å². The summed E-state index contributed by atoms with van der Waals surface area (Å²) in [5.74, 6) is 0. The van der Waals surface area contributed by atoms with E-state index in [0.717, 1.165) is 0 Å². The normalized spacial score (nSPS) is 27.8. The molecule has 0 aromatic heterocycles. The molecule has 0 atom stereocenters. The third kappa shape index (κ3) is 2.94. The zero-order valence-electron chi connectivity index (χ0n) is 9.80. The summed E-state index contributed by atoms with van der Waals surface area (Å²) in [6.45, 7) is 0.337. The van der Waals surface area contributed by atoms with Crippen LogP contribution in [0.25, 0.3) is 0 Å². The van der Waals surface area contributed by atoms with Gasteiger partial charge < -0.3 is 10.4 Å². The summed E-state index contributed by atoms with van der Waals surface area (Å²) in [4.78, 5) is 0. The number of rotatable bonds is 3. The molecule has 0 bridgehead atoms. The van der Waals surface area contributed by atoms with E-state index in [1.807, 2.05) is 0 Å². The predicted octanol–water partition coefficient (Wildman–Crippen LogP) is 2.60. The molecule has 2 nitrogen and oxygen atoms in total. The van der Waals surface area contributed by atoms with Crippen LogP contribution >= 0.6 is 0 Å². The first-order valence-electron chi connectivity index (χ1n) is 6.73. The van der Waals surface area contributed by atoms with E-state index in [4.69, 9.17) is 0 Å². The second-order valence-electron chi connectivity index (χ2n) is 5.48. The van der Waals surface area contributed by atoms with E-state index in [9.17, 15) is 5.11 Å². The molecule has 88 valence electrons. The van der Waals surface area contributed by atoms with Crippen LogP contribution < -0.4 is 5.32 Å². The topological polar surface area (TPSA) is 32.3 Å². The van der Waals surface area contributed by atoms with E-state index in [1.54, 1.807) is 0 Å². The lowest BCUT2D eigenvalue weighted by molar-refractivity contribution is 0.101. The minimum atomic E-state index is 0.0836. The van der Waals surface area contributed by atoms with Crippen molar-refractivity contribution in [1.29, 1.82) is 0 Å². The third-order valence-electron chi connectivity index (χ3n) is 4.23. The molecule has 0 heterocycles. The van der Waals surface area contributed by atoms with Crippen molar-refractivity contribution in [3.8, 4) is 0 Å². The predicted molar refractivity (Wildman–Crippen MR) is 62.9 cm³/mol. The highest BCUT2D eigenvalue weighted by molar-refractivity contribution is 4.93. The van der Waals surface area contributed by atoms with E-state index >= 15 is 0 Å². The maximum Gasteiger partial charge on any atom is 0.0613 e. The number of hydrogen-bond donors (Lipinski definition) is 2. The molecule has 15 heavy (non-hydrogen) atoms. The van der Waals surface area contributed by atoms with Gasteiger partial charge in [0.25, 0.3) is 0 Å². The standard InChI is InChI=1S/C13H25NO/c15-11-13(9-5-2-6-10-13)14-12-7-3-1-4-8-12/h12,14-15H,1-11H2. The number of aliphatic hydroxyl groups excluding tert-OH is 1. The second-order valence-corrected chi connectivity index (χ2v) is 5.48. The van der Waals surface area contributed by atoms with Crippen LogP contribution in [0, 0.1) is 0 Å². The van der Waals surface area contributed by atoms with Crippen molar-refractivity contribution in [1.82, 2.24) is 5.32 Å². The minimum Gasteiger partial charge on any atom is -0.394 e. The summed E-state index contributed by atoms with van der Waals surface area (Å²) in [5.41, 5.74) is 0.0836. The molecule has 2 N–H and O–H groups in total. The summed E-state index contributed by atoms with van der Waals surface area (Å²) in [6.07, 6.45) is 13.1. The number of nitrogens with one attached hydrogen (secondary N) is 1. The van der Waals surface area contributed by atoms with E-state index < -0.39 is 0 Å². The van der Waals surface area contributed by atoms with Crippen LogP contribution in [0.5, 0.6) is 0 Å². The van der Waals surface area contributed by atoms with E-state index in [1.165, 1.54) is 64.2 Å². The zero-order valence-corrected chi connectivity index (χ0v) is 9.80. The molecule has 2 rings (SSSR count). The molecule has 2 aliphatic carbocycles. The van der Waals surface area contributed by atoms with Gasteiger partial charge in [-0.25, -0.2) is 0 Å². The fourth-order valence-corrected chi connectivity index (χ4v) is 3.26. The molecule has 0 amide bonds. The molecule has 0 unspecified atom stereocenters. The first-order chi connectivity index (χ1) is 7.35. The number of hydrogen-bond acceptors (Lipinski definition) is 2. The molecule has 0 saturated heterocycles. The Morgan fingerprint density at radius 1 is 0.933 bits per heavy atom. The summed E-state index contributed by atoms with van der Waals surface area (Å²) >= 11 is 0. The van der Waals surface area contributed by atoms with Gasteiger partial charge in [-0.05, 0) is 25.7 Å². The lowest BCUT2D eigenvalue weighted by Crippen LogP contribution is -2.54. The van der Waals surface area contributed by atoms with Gasteiger partial charge in [0.2, 0.25) is 0 Å². The average Bonchev–Trinajstić information content (AvgIpc) is 2.32. The highest BCUT2D eigenvalue weighted by atomic mass is 16.3. The van der Waals surface area contributed by atoms with Gasteiger partial charge in [0.1, 0.15) is 0 Å². The van der Waals surface area contributed by atoms with Gasteiger partial charge >= 0.3 is 0 Å². The van der Waals surface area contributed by atoms with E-state index in [-0.39, 0.29) is 5.54 Å². The van der Waals surface area contributed by atoms with Crippen molar-refractivity contribution < 1.29 is 5.11 Å². The van der Waals surface area contributed by atoms with Gasteiger partial charge in [-0.1, -0.05) is 38.5 Å². The van der Waals surface area contributed by atoms with Crippen molar-refractivity contribution in [2.24, 2.45) is 0 Å². The quantitative estimate of drug-likeness (QED) is 0.752. The average molecular weight is 211 g/mol. The SMILES string of the molecule is OCC1(NC2CCCCC2)CCCCC1. The Hall–Kier alpha value is -0.0800. The lowest BCUT2D eigenvalue weighted by Gasteiger charge is -2.41. The molecule has 0 spiro atoms. The first-order valence-corrected chi connectivity index (χ1v) is 6.73. The fraction of sp³-hybridized carbons (Fsp3) is 1.00. The Morgan fingerprint density at radius 2 is 1.53 bits per heavy atom. The highest BCUT2D eigenvalue weighted by Crippen LogP contribution is 2.30. The second kappa shape index (κ2) is 5.31. The van der Waals surface area contributed by atoms with Gasteiger partial charge in [-0.2, -0.15) is 0 Å².